The summed E-state index contributed by atoms with van der Waals surface area (Å²) in [5.41, 5.74) is 4.79. The van der Waals surface area contributed by atoms with Gasteiger partial charge in [0, 0.05) is 31.5 Å². The van der Waals surface area contributed by atoms with Gasteiger partial charge in [-0.25, -0.2) is 4.79 Å². The highest BCUT2D eigenvalue weighted by molar-refractivity contribution is 5.79. The number of fused-ring (bicyclic) bond motifs is 3. The first-order chi connectivity index (χ1) is 14.0. The van der Waals surface area contributed by atoms with Crippen molar-refractivity contribution >= 4 is 12.0 Å². The highest BCUT2D eigenvalue weighted by Crippen LogP contribution is 2.44. The number of rotatable bonds is 5. The van der Waals surface area contributed by atoms with E-state index in [1.54, 1.807) is 0 Å². The second-order valence-corrected chi connectivity index (χ2v) is 8.24. The normalized spacial score (nSPS) is 20.3. The molecule has 0 radical (unpaired) electrons. The number of nitrogens with one attached hydrogen (secondary N) is 1. The Bertz CT molecular complexity index is 865. The van der Waals surface area contributed by atoms with E-state index in [2.05, 4.69) is 43.4 Å². The van der Waals surface area contributed by atoms with E-state index in [-0.39, 0.29) is 24.5 Å². The zero-order valence-corrected chi connectivity index (χ0v) is 17.1. The number of hydrogen-bond acceptors (Lipinski definition) is 3. The predicted octanol–water partition coefficient (Wildman–Crippen LogP) is 4.17. The highest BCUT2D eigenvalue weighted by atomic mass is 16.5. The molecule has 1 aliphatic carbocycles. The number of ether oxygens (including phenoxy) is 1. The summed E-state index contributed by atoms with van der Waals surface area (Å²) in [5.74, 6) is 0.687. The maximum atomic E-state index is 12.4. The maximum Gasteiger partial charge on any atom is 0.407 e. The van der Waals surface area contributed by atoms with Crippen LogP contribution in [0.1, 0.15) is 43.7 Å². The zero-order chi connectivity index (χ0) is 20.4. The molecule has 152 valence electrons. The van der Waals surface area contributed by atoms with E-state index in [0.717, 1.165) is 13.0 Å². The Labute approximate surface area is 172 Å². The van der Waals surface area contributed by atoms with Gasteiger partial charge in [-0.1, -0.05) is 55.5 Å². The predicted molar refractivity (Wildman–Crippen MR) is 113 cm³/mol. The summed E-state index contributed by atoms with van der Waals surface area (Å²) >= 11 is 0. The zero-order valence-electron chi connectivity index (χ0n) is 17.1. The molecule has 5 heteroatoms. The van der Waals surface area contributed by atoms with Crippen molar-refractivity contribution in [3.05, 3.63) is 59.7 Å². The topological polar surface area (TPSA) is 58.6 Å². The lowest BCUT2D eigenvalue weighted by molar-refractivity contribution is -0.131. The lowest BCUT2D eigenvalue weighted by Crippen LogP contribution is -2.37. The molecule has 4 rings (SSSR count). The average molecular weight is 392 g/mol. The molecule has 0 saturated carbocycles. The van der Waals surface area contributed by atoms with E-state index >= 15 is 0 Å². The fourth-order valence-corrected chi connectivity index (χ4v) is 4.71. The molecule has 2 amide bonds. The van der Waals surface area contributed by atoms with Crippen LogP contribution < -0.4 is 5.32 Å². The average Bonchev–Trinajstić information content (AvgIpc) is 3.23. The first-order valence-electron chi connectivity index (χ1n) is 10.4. The molecule has 29 heavy (non-hydrogen) atoms. The molecule has 0 aromatic heterocycles. The number of benzene rings is 2. The van der Waals surface area contributed by atoms with Crippen LogP contribution in [0.4, 0.5) is 4.79 Å². The second kappa shape index (κ2) is 8.27. The van der Waals surface area contributed by atoms with Crippen molar-refractivity contribution in [1.82, 2.24) is 10.2 Å². The minimum atomic E-state index is -0.470. The molecule has 2 unspecified atom stereocenters. The van der Waals surface area contributed by atoms with Gasteiger partial charge < -0.3 is 15.0 Å². The van der Waals surface area contributed by atoms with Crippen LogP contribution in [0.2, 0.25) is 0 Å². The third kappa shape index (κ3) is 4.00. The van der Waals surface area contributed by atoms with Crippen LogP contribution in [0.25, 0.3) is 11.1 Å². The van der Waals surface area contributed by atoms with Crippen LogP contribution in [-0.4, -0.2) is 42.6 Å². The van der Waals surface area contributed by atoms with Gasteiger partial charge in [-0.15, -0.1) is 0 Å². The van der Waals surface area contributed by atoms with Crippen LogP contribution in [0.3, 0.4) is 0 Å². The fraction of sp³-hybridized carbons (Fsp3) is 0.417. The second-order valence-electron chi connectivity index (χ2n) is 8.24. The number of likely N-dealkylation sites (tertiary alicyclic amines) is 1. The van der Waals surface area contributed by atoms with Gasteiger partial charge in [0.05, 0.1) is 0 Å². The van der Waals surface area contributed by atoms with E-state index < -0.39 is 6.09 Å². The molecule has 2 aromatic rings. The Balaban J connectivity index is 1.29. The summed E-state index contributed by atoms with van der Waals surface area (Å²) in [4.78, 5) is 26.5. The summed E-state index contributed by atoms with van der Waals surface area (Å²) < 4.78 is 5.51. The molecule has 0 bridgehead atoms. The first-order valence-corrected chi connectivity index (χ1v) is 10.4. The summed E-state index contributed by atoms with van der Waals surface area (Å²) in [6.07, 6.45) is 0.884. The van der Waals surface area contributed by atoms with Crippen molar-refractivity contribution in [2.75, 3.05) is 19.7 Å². The van der Waals surface area contributed by atoms with Gasteiger partial charge >= 0.3 is 6.09 Å². The molecule has 2 aromatic carbocycles. The summed E-state index contributed by atoms with van der Waals surface area (Å²) in [5, 5.41) is 2.73. The van der Waals surface area contributed by atoms with Gasteiger partial charge in [0.15, 0.2) is 0 Å². The van der Waals surface area contributed by atoms with E-state index in [0.29, 0.717) is 18.9 Å². The van der Waals surface area contributed by atoms with Gasteiger partial charge in [0.1, 0.15) is 6.61 Å². The van der Waals surface area contributed by atoms with Gasteiger partial charge in [0.25, 0.3) is 0 Å². The molecule has 1 aliphatic heterocycles. The number of nitrogens with zero attached hydrogens (tertiary/aromatic N) is 1. The van der Waals surface area contributed by atoms with Crippen LogP contribution in [-0.2, 0) is 9.53 Å². The third-order valence-corrected chi connectivity index (χ3v) is 6.06. The highest BCUT2D eigenvalue weighted by Gasteiger charge is 2.30. The Kier molecular flexibility index (Phi) is 5.56. The summed E-state index contributed by atoms with van der Waals surface area (Å²) in [6, 6.07) is 16.8. The molecule has 5 nitrogen and oxygen atoms in total. The minimum Gasteiger partial charge on any atom is -0.449 e. The molecule has 2 atom stereocenters. The first kappa shape index (κ1) is 19.5. The fourth-order valence-electron chi connectivity index (χ4n) is 4.71. The van der Waals surface area contributed by atoms with Crippen LogP contribution in [0.15, 0.2) is 48.5 Å². The number of carbonyl (C=O) groups excluding carboxylic acids is 2. The van der Waals surface area contributed by atoms with Crippen molar-refractivity contribution in [3.8, 4) is 11.1 Å². The molecule has 0 spiro atoms. The van der Waals surface area contributed by atoms with Gasteiger partial charge in [-0.05, 0) is 41.5 Å². The minimum absolute atomic E-state index is 0.0433. The molecule has 1 fully saturated rings. The van der Waals surface area contributed by atoms with Crippen molar-refractivity contribution < 1.29 is 14.3 Å². The van der Waals surface area contributed by atoms with Gasteiger partial charge in [0.2, 0.25) is 5.91 Å². The lowest BCUT2D eigenvalue weighted by atomic mass is 9.98. The maximum absolute atomic E-state index is 12.4. The third-order valence-electron chi connectivity index (χ3n) is 6.06. The van der Waals surface area contributed by atoms with Crippen molar-refractivity contribution in [1.29, 1.82) is 0 Å². The Morgan fingerprint density at radius 3 is 2.24 bits per heavy atom. The molecule has 1 N–H and O–H groups in total. The Morgan fingerprint density at radius 2 is 1.66 bits per heavy atom. The Hall–Kier alpha value is -2.82. The largest absolute Gasteiger partial charge is 0.449 e. The summed E-state index contributed by atoms with van der Waals surface area (Å²) in [7, 11) is 0. The van der Waals surface area contributed by atoms with E-state index in [1.807, 2.05) is 29.2 Å². The van der Waals surface area contributed by atoms with Crippen molar-refractivity contribution in [3.63, 3.8) is 0 Å². The standard InChI is InChI=1S/C24H28N2O3/c1-16-13-17(2)26(14-16)23(27)11-12-25-24(28)29-15-22-20-9-5-3-7-18(20)19-8-4-6-10-21(19)22/h3-10,16-17,22H,11-15H2,1-2H3,(H,25,28). The summed E-state index contributed by atoms with van der Waals surface area (Å²) in [6.45, 7) is 5.64. The van der Waals surface area contributed by atoms with E-state index in [1.165, 1.54) is 22.3 Å². The van der Waals surface area contributed by atoms with Gasteiger partial charge in [-0.3, -0.25) is 4.79 Å². The lowest BCUT2D eigenvalue weighted by Gasteiger charge is -2.21. The van der Waals surface area contributed by atoms with Crippen molar-refractivity contribution in [2.24, 2.45) is 5.92 Å². The Morgan fingerprint density at radius 1 is 1.03 bits per heavy atom. The van der Waals surface area contributed by atoms with Crippen LogP contribution in [0, 0.1) is 5.92 Å². The SMILES string of the molecule is CC1CC(C)N(C(=O)CCNC(=O)OCC2c3ccccc3-c3ccccc32)C1. The quantitative estimate of drug-likeness (QED) is 0.831. The van der Waals surface area contributed by atoms with Gasteiger partial charge in [-0.2, -0.15) is 0 Å². The van der Waals surface area contributed by atoms with Crippen LogP contribution >= 0.6 is 0 Å². The number of carbonyl (C=O) groups is 2. The molecule has 1 heterocycles. The number of amides is 2. The molecular weight excluding hydrogens is 364 g/mol. The molecular formula is C24H28N2O3. The monoisotopic (exact) mass is 392 g/mol. The number of alkyl carbamates (subject to hydrolysis) is 1. The van der Waals surface area contributed by atoms with E-state index in [9.17, 15) is 9.59 Å². The van der Waals surface area contributed by atoms with Crippen LogP contribution in [0.5, 0.6) is 0 Å². The van der Waals surface area contributed by atoms with E-state index in [4.69, 9.17) is 4.74 Å². The molecule has 2 aliphatic rings. The smallest absolute Gasteiger partial charge is 0.407 e. The number of hydrogen-bond donors (Lipinski definition) is 1. The van der Waals surface area contributed by atoms with Crippen molar-refractivity contribution in [2.45, 2.75) is 38.6 Å². The molecule has 1 saturated heterocycles.